The number of fused-ring (bicyclic) bond motifs is 1. The summed E-state index contributed by atoms with van der Waals surface area (Å²) in [5.41, 5.74) is 1.41. The highest BCUT2D eigenvalue weighted by Crippen LogP contribution is 2.28. The van der Waals surface area contributed by atoms with Gasteiger partial charge in [0, 0.05) is 18.9 Å². The van der Waals surface area contributed by atoms with Gasteiger partial charge in [-0.1, -0.05) is 6.07 Å². The molecule has 0 aliphatic rings. The van der Waals surface area contributed by atoms with E-state index in [-0.39, 0.29) is 11.4 Å². The van der Waals surface area contributed by atoms with Gasteiger partial charge in [0.1, 0.15) is 11.8 Å². The van der Waals surface area contributed by atoms with Gasteiger partial charge >= 0.3 is 5.69 Å². The van der Waals surface area contributed by atoms with Gasteiger partial charge in [-0.25, -0.2) is 15.0 Å². The summed E-state index contributed by atoms with van der Waals surface area (Å²) in [5, 5.41) is 14.2. The van der Waals surface area contributed by atoms with Crippen LogP contribution in [0.25, 0.3) is 17.0 Å². The Bertz CT molecular complexity index is 813. The molecule has 8 heteroatoms. The van der Waals surface area contributed by atoms with Crippen LogP contribution in [0.2, 0.25) is 0 Å². The predicted molar refractivity (Wildman–Crippen MR) is 77.0 cm³/mol. The number of nitrogens with zero attached hydrogens (tertiary/aromatic N) is 5. The smallest absolute Gasteiger partial charge is 0.315 e. The van der Waals surface area contributed by atoms with Crippen LogP contribution < -0.4 is 5.32 Å². The van der Waals surface area contributed by atoms with Crippen molar-refractivity contribution in [3.8, 4) is 11.4 Å². The summed E-state index contributed by atoms with van der Waals surface area (Å²) in [6, 6.07) is 5.37. The molecule has 0 aromatic carbocycles. The van der Waals surface area contributed by atoms with Crippen LogP contribution in [0.5, 0.6) is 0 Å². The number of pyridine rings is 1. The Morgan fingerprint density at radius 3 is 3.00 bits per heavy atom. The fourth-order valence-electron chi connectivity index (χ4n) is 2.08. The number of nitrogens with one attached hydrogen (secondary N) is 1. The molecule has 0 aliphatic heterocycles. The lowest BCUT2D eigenvalue weighted by molar-refractivity contribution is -0.384. The van der Waals surface area contributed by atoms with E-state index >= 15 is 0 Å². The quantitative estimate of drug-likeness (QED) is 0.582. The standard InChI is InChI=1S/C13H12N6O2/c1-2-14-13-16-8-10(19(20)21)12(17-13)9-4-3-5-11-15-6-7-18(9)11/h3-8H,2H2,1H3,(H,14,16,17). The topological polar surface area (TPSA) is 98.2 Å². The maximum Gasteiger partial charge on any atom is 0.315 e. The molecule has 3 heterocycles. The third kappa shape index (κ3) is 2.27. The summed E-state index contributed by atoms with van der Waals surface area (Å²) in [5.74, 6) is 0.357. The molecule has 0 aliphatic carbocycles. The highest BCUT2D eigenvalue weighted by atomic mass is 16.6. The molecule has 106 valence electrons. The number of aromatic nitrogens is 4. The summed E-state index contributed by atoms with van der Waals surface area (Å²) >= 11 is 0. The lowest BCUT2D eigenvalue weighted by Crippen LogP contribution is -2.06. The minimum atomic E-state index is -0.485. The zero-order chi connectivity index (χ0) is 14.8. The van der Waals surface area contributed by atoms with E-state index in [0.717, 1.165) is 0 Å². The second-order valence-corrected chi connectivity index (χ2v) is 4.28. The molecule has 0 amide bonds. The molecule has 3 aromatic heterocycles. The van der Waals surface area contributed by atoms with Gasteiger partial charge in [-0.05, 0) is 19.1 Å². The molecular formula is C13H12N6O2. The van der Waals surface area contributed by atoms with Crippen LogP contribution in [0, 0.1) is 10.1 Å². The normalized spacial score (nSPS) is 10.7. The van der Waals surface area contributed by atoms with E-state index in [4.69, 9.17) is 0 Å². The molecular weight excluding hydrogens is 272 g/mol. The van der Waals surface area contributed by atoms with Crippen molar-refractivity contribution >= 4 is 17.3 Å². The molecule has 8 nitrogen and oxygen atoms in total. The van der Waals surface area contributed by atoms with Crippen LogP contribution in [0.4, 0.5) is 11.6 Å². The van der Waals surface area contributed by atoms with Gasteiger partial charge in [0.05, 0.1) is 10.6 Å². The Morgan fingerprint density at radius 1 is 1.38 bits per heavy atom. The van der Waals surface area contributed by atoms with Gasteiger partial charge in [0.25, 0.3) is 0 Å². The Balaban J connectivity index is 2.26. The number of anilines is 1. The van der Waals surface area contributed by atoms with Crippen LogP contribution in [-0.4, -0.2) is 30.8 Å². The highest BCUT2D eigenvalue weighted by Gasteiger charge is 2.20. The summed E-state index contributed by atoms with van der Waals surface area (Å²) in [4.78, 5) is 23.1. The van der Waals surface area contributed by atoms with E-state index in [9.17, 15) is 10.1 Å². The number of imidazole rings is 1. The van der Waals surface area contributed by atoms with Crippen molar-refractivity contribution in [1.82, 2.24) is 19.4 Å². The lowest BCUT2D eigenvalue weighted by atomic mass is 10.2. The van der Waals surface area contributed by atoms with Gasteiger partial charge in [-0.3, -0.25) is 14.5 Å². The van der Waals surface area contributed by atoms with Crippen molar-refractivity contribution in [1.29, 1.82) is 0 Å². The van der Waals surface area contributed by atoms with Crippen molar-refractivity contribution in [2.75, 3.05) is 11.9 Å². The van der Waals surface area contributed by atoms with Crippen molar-refractivity contribution in [2.24, 2.45) is 0 Å². The first kappa shape index (κ1) is 13.0. The first-order valence-corrected chi connectivity index (χ1v) is 6.38. The Hall–Kier alpha value is -3.03. The fourth-order valence-corrected chi connectivity index (χ4v) is 2.08. The third-order valence-electron chi connectivity index (χ3n) is 2.97. The van der Waals surface area contributed by atoms with Gasteiger partial charge in [0.2, 0.25) is 5.95 Å². The Morgan fingerprint density at radius 2 is 2.24 bits per heavy atom. The van der Waals surface area contributed by atoms with Gasteiger partial charge in [-0.15, -0.1) is 0 Å². The molecule has 0 fully saturated rings. The Kier molecular flexibility index (Phi) is 3.19. The highest BCUT2D eigenvalue weighted by molar-refractivity contribution is 5.69. The van der Waals surface area contributed by atoms with E-state index in [2.05, 4.69) is 20.3 Å². The predicted octanol–water partition coefficient (Wildman–Crippen LogP) is 2.13. The second kappa shape index (κ2) is 5.16. The minimum absolute atomic E-state index is 0.141. The van der Waals surface area contributed by atoms with E-state index in [1.165, 1.54) is 6.20 Å². The van der Waals surface area contributed by atoms with Crippen molar-refractivity contribution in [3.05, 3.63) is 46.9 Å². The van der Waals surface area contributed by atoms with Gasteiger partial charge in [0.15, 0.2) is 5.69 Å². The van der Waals surface area contributed by atoms with Crippen molar-refractivity contribution < 1.29 is 4.92 Å². The molecule has 0 bridgehead atoms. The largest absolute Gasteiger partial charge is 0.354 e. The lowest BCUT2D eigenvalue weighted by Gasteiger charge is -2.07. The summed E-state index contributed by atoms with van der Waals surface area (Å²) < 4.78 is 1.76. The molecule has 0 unspecified atom stereocenters. The maximum atomic E-state index is 11.2. The number of hydrogen-bond acceptors (Lipinski definition) is 6. The van der Waals surface area contributed by atoms with E-state index in [1.807, 2.05) is 13.0 Å². The molecule has 3 aromatic rings. The zero-order valence-corrected chi connectivity index (χ0v) is 11.2. The summed E-state index contributed by atoms with van der Waals surface area (Å²) in [7, 11) is 0. The van der Waals surface area contributed by atoms with Crippen LogP contribution in [0.15, 0.2) is 36.8 Å². The first-order chi connectivity index (χ1) is 10.2. The first-order valence-electron chi connectivity index (χ1n) is 6.38. The average molecular weight is 284 g/mol. The van der Waals surface area contributed by atoms with E-state index in [1.54, 1.807) is 28.9 Å². The maximum absolute atomic E-state index is 11.2. The summed E-state index contributed by atoms with van der Waals surface area (Å²) in [6.07, 6.45) is 4.59. The molecule has 1 N–H and O–H groups in total. The zero-order valence-electron chi connectivity index (χ0n) is 11.2. The molecule has 3 rings (SSSR count). The average Bonchev–Trinajstić information content (AvgIpc) is 2.95. The van der Waals surface area contributed by atoms with Crippen molar-refractivity contribution in [3.63, 3.8) is 0 Å². The van der Waals surface area contributed by atoms with Crippen LogP contribution >= 0.6 is 0 Å². The van der Waals surface area contributed by atoms with E-state index in [0.29, 0.717) is 23.8 Å². The molecule has 0 saturated carbocycles. The van der Waals surface area contributed by atoms with Gasteiger partial charge < -0.3 is 5.32 Å². The van der Waals surface area contributed by atoms with Crippen LogP contribution in [0.1, 0.15) is 6.92 Å². The van der Waals surface area contributed by atoms with Crippen LogP contribution in [-0.2, 0) is 0 Å². The minimum Gasteiger partial charge on any atom is -0.354 e. The third-order valence-corrected chi connectivity index (χ3v) is 2.97. The van der Waals surface area contributed by atoms with Crippen LogP contribution in [0.3, 0.4) is 0 Å². The number of rotatable bonds is 4. The monoisotopic (exact) mass is 284 g/mol. The molecule has 0 radical (unpaired) electrons. The van der Waals surface area contributed by atoms with E-state index < -0.39 is 4.92 Å². The fraction of sp³-hybridized carbons (Fsp3) is 0.154. The Labute approximate surface area is 119 Å². The number of hydrogen-bond donors (Lipinski definition) is 1. The molecule has 0 spiro atoms. The second-order valence-electron chi connectivity index (χ2n) is 4.28. The van der Waals surface area contributed by atoms with Crippen molar-refractivity contribution in [2.45, 2.75) is 6.92 Å². The molecule has 0 atom stereocenters. The number of nitro groups is 1. The SMILES string of the molecule is CCNc1ncc([N+](=O)[O-])c(-c2cccc3nccn23)n1. The molecule has 21 heavy (non-hydrogen) atoms. The van der Waals surface area contributed by atoms with Gasteiger partial charge in [-0.2, -0.15) is 0 Å². The molecule has 0 saturated heterocycles. The summed E-state index contributed by atoms with van der Waals surface area (Å²) in [6.45, 7) is 2.54.